The van der Waals surface area contributed by atoms with Crippen LogP contribution in [0, 0.1) is 6.92 Å². The second-order valence-corrected chi connectivity index (χ2v) is 5.10. The highest BCUT2D eigenvalue weighted by Crippen LogP contribution is 2.22. The molecule has 5 nitrogen and oxygen atoms in total. The van der Waals surface area contributed by atoms with Crippen molar-refractivity contribution in [3.05, 3.63) is 22.4 Å². The molecule has 0 amide bonds. The van der Waals surface area contributed by atoms with E-state index in [2.05, 4.69) is 26.2 Å². The van der Waals surface area contributed by atoms with E-state index in [1.165, 1.54) is 4.31 Å². The fourth-order valence-corrected chi connectivity index (χ4v) is 2.23. The van der Waals surface area contributed by atoms with Gasteiger partial charge in [-0.05, 0) is 36.0 Å². The van der Waals surface area contributed by atoms with Gasteiger partial charge in [0.2, 0.25) is 10.9 Å². The minimum Gasteiger partial charge on any atom is -0.318 e. The van der Waals surface area contributed by atoms with E-state index in [4.69, 9.17) is 0 Å². The smallest absolute Gasteiger partial charge is 0.225 e. The number of thiol groups is 1. The van der Waals surface area contributed by atoms with Crippen molar-refractivity contribution in [1.82, 2.24) is 10.3 Å². The normalized spacial score (nSPS) is 10.8. The van der Waals surface area contributed by atoms with Gasteiger partial charge in [0.05, 0.1) is 11.4 Å². The van der Waals surface area contributed by atoms with Gasteiger partial charge in [-0.25, -0.2) is 8.42 Å². The Kier molecular flexibility index (Phi) is 5.17. The molecule has 0 unspecified atom stereocenters. The maximum atomic E-state index is 11.2. The lowest BCUT2D eigenvalue weighted by atomic mass is 10.3. The lowest BCUT2D eigenvalue weighted by molar-refractivity contribution is 0.608. The molecule has 0 aliphatic heterocycles. The predicted octanol–water partition coefficient (Wildman–Crippen LogP) is 0.705. The summed E-state index contributed by atoms with van der Waals surface area (Å²) in [7, 11) is -0.868. The Morgan fingerprint density at radius 1 is 1.56 bits per heavy atom. The zero-order valence-electron chi connectivity index (χ0n) is 9.11. The molecule has 0 aromatic carbocycles. The number of hydrogen-bond donors (Lipinski definition) is 2. The highest BCUT2D eigenvalue weighted by molar-refractivity contribution is 9.10. The highest BCUT2D eigenvalue weighted by atomic mass is 79.9. The quantitative estimate of drug-likeness (QED) is 0.786. The molecule has 0 fully saturated rings. The Hall–Kier alpha value is -0.660. The fraction of sp³-hybridized carbons (Fsp3) is 0.444. The van der Waals surface area contributed by atoms with Gasteiger partial charge >= 0.3 is 0 Å². The second-order valence-electron chi connectivity index (χ2n) is 3.22. The van der Waals surface area contributed by atoms with Crippen molar-refractivity contribution >= 4 is 32.5 Å². The number of hydrogen-bond acceptors (Lipinski definition) is 4. The summed E-state index contributed by atoms with van der Waals surface area (Å²) in [5.74, 6) is 0. The van der Waals surface area contributed by atoms with Gasteiger partial charge in [-0.1, -0.05) is 0 Å². The van der Waals surface area contributed by atoms with E-state index in [9.17, 15) is 8.42 Å². The standard InChI is InChI=1S/C9H14BrN3O2S/c1-7-9(5-8(10)6-12-7)13(16(14)15)4-3-11-2/h5-6,11,16H,3-4H2,1-2H3. The molecule has 0 saturated carbocycles. The lowest BCUT2D eigenvalue weighted by Gasteiger charge is -2.19. The molecule has 1 aromatic rings. The van der Waals surface area contributed by atoms with Crippen LogP contribution in [0.4, 0.5) is 5.69 Å². The van der Waals surface area contributed by atoms with Crippen LogP contribution in [0.25, 0.3) is 0 Å². The van der Waals surface area contributed by atoms with Crippen molar-refractivity contribution in [2.75, 3.05) is 24.4 Å². The molecule has 16 heavy (non-hydrogen) atoms. The zero-order valence-corrected chi connectivity index (χ0v) is 11.6. The number of likely N-dealkylation sites (N-methyl/N-ethyl adjacent to an activating group) is 1. The third-order valence-corrected chi connectivity index (χ3v) is 3.32. The molecular weight excluding hydrogens is 294 g/mol. The minimum atomic E-state index is -2.65. The summed E-state index contributed by atoms with van der Waals surface area (Å²) in [6.45, 7) is 2.77. The van der Waals surface area contributed by atoms with E-state index in [0.717, 1.165) is 4.47 Å². The van der Waals surface area contributed by atoms with E-state index >= 15 is 0 Å². The first-order chi connectivity index (χ1) is 7.56. The number of pyridine rings is 1. The molecule has 0 atom stereocenters. The number of rotatable bonds is 5. The first-order valence-corrected chi connectivity index (χ1v) is 6.67. The predicted molar refractivity (Wildman–Crippen MR) is 68.3 cm³/mol. The summed E-state index contributed by atoms with van der Waals surface area (Å²) in [6.07, 6.45) is 1.65. The molecule has 7 heteroatoms. The van der Waals surface area contributed by atoms with Gasteiger partial charge in [0.1, 0.15) is 0 Å². The average Bonchev–Trinajstić information content (AvgIpc) is 2.23. The topological polar surface area (TPSA) is 62.3 Å². The molecule has 1 aromatic heterocycles. The average molecular weight is 308 g/mol. The summed E-state index contributed by atoms with van der Waals surface area (Å²) in [5.41, 5.74) is 1.30. The van der Waals surface area contributed by atoms with Gasteiger partial charge in [0, 0.05) is 23.8 Å². The van der Waals surface area contributed by atoms with Crippen LogP contribution in [0.5, 0.6) is 0 Å². The number of nitrogens with zero attached hydrogens (tertiary/aromatic N) is 2. The zero-order chi connectivity index (χ0) is 12.1. The van der Waals surface area contributed by atoms with Crippen LogP contribution in [0.1, 0.15) is 5.69 Å². The Morgan fingerprint density at radius 3 is 2.81 bits per heavy atom. The van der Waals surface area contributed by atoms with Crippen molar-refractivity contribution in [2.24, 2.45) is 0 Å². The Balaban J connectivity index is 3.05. The highest BCUT2D eigenvalue weighted by Gasteiger charge is 2.12. The summed E-state index contributed by atoms with van der Waals surface area (Å²) in [6, 6.07) is 1.75. The van der Waals surface area contributed by atoms with Crippen LogP contribution >= 0.6 is 15.9 Å². The molecule has 0 bridgehead atoms. The molecule has 1 N–H and O–H groups in total. The summed E-state index contributed by atoms with van der Waals surface area (Å²) < 4.78 is 24.4. The van der Waals surface area contributed by atoms with E-state index < -0.39 is 10.9 Å². The van der Waals surface area contributed by atoms with E-state index in [-0.39, 0.29) is 0 Å². The monoisotopic (exact) mass is 307 g/mol. The van der Waals surface area contributed by atoms with Crippen molar-refractivity contribution < 1.29 is 8.42 Å². The van der Waals surface area contributed by atoms with Gasteiger partial charge in [-0.3, -0.25) is 9.29 Å². The van der Waals surface area contributed by atoms with Crippen molar-refractivity contribution in [3.63, 3.8) is 0 Å². The molecule has 1 rings (SSSR count). The number of halogens is 1. The van der Waals surface area contributed by atoms with Crippen LogP contribution in [0.2, 0.25) is 0 Å². The van der Waals surface area contributed by atoms with Crippen LogP contribution in [-0.2, 0) is 10.9 Å². The van der Waals surface area contributed by atoms with Crippen LogP contribution < -0.4 is 9.62 Å². The van der Waals surface area contributed by atoms with Crippen LogP contribution in [0.3, 0.4) is 0 Å². The van der Waals surface area contributed by atoms with Crippen LogP contribution in [-0.4, -0.2) is 33.5 Å². The Morgan fingerprint density at radius 2 is 2.25 bits per heavy atom. The van der Waals surface area contributed by atoms with Gasteiger partial charge in [-0.15, -0.1) is 0 Å². The third kappa shape index (κ3) is 3.43. The summed E-state index contributed by atoms with van der Waals surface area (Å²) in [4.78, 5) is 4.11. The Bertz CT molecular complexity index is 429. The second kappa shape index (κ2) is 6.17. The minimum absolute atomic E-state index is 0.397. The lowest BCUT2D eigenvalue weighted by Crippen LogP contribution is -2.30. The number of aryl methyl sites for hydroxylation is 1. The van der Waals surface area contributed by atoms with Gasteiger partial charge in [-0.2, -0.15) is 0 Å². The molecule has 0 spiro atoms. The molecule has 90 valence electrons. The molecular formula is C9H14BrN3O2S. The summed E-state index contributed by atoms with van der Waals surface area (Å²) >= 11 is 3.28. The van der Waals surface area contributed by atoms with Gasteiger partial charge < -0.3 is 5.32 Å². The molecule has 1 heterocycles. The molecule has 0 aliphatic carbocycles. The maximum Gasteiger partial charge on any atom is 0.225 e. The molecule has 0 saturated heterocycles. The van der Waals surface area contributed by atoms with E-state index in [1.54, 1.807) is 26.2 Å². The van der Waals surface area contributed by atoms with Crippen LogP contribution in [0.15, 0.2) is 16.7 Å². The van der Waals surface area contributed by atoms with E-state index in [0.29, 0.717) is 24.5 Å². The largest absolute Gasteiger partial charge is 0.318 e. The molecule has 0 radical (unpaired) electrons. The van der Waals surface area contributed by atoms with Crippen molar-refractivity contribution in [3.8, 4) is 0 Å². The van der Waals surface area contributed by atoms with Gasteiger partial charge in [0.15, 0.2) is 0 Å². The van der Waals surface area contributed by atoms with Crippen molar-refractivity contribution in [2.45, 2.75) is 6.92 Å². The van der Waals surface area contributed by atoms with E-state index in [1.807, 2.05) is 0 Å². The molecule has 0 aliphatic rings. The number of anilines is 1. The maximum absolute atomic E-state index is 11.2. The van der Waals surface area contributed by atoms with Crippen molar-refractivity contribution in [1.29, 1.82) is 0 Å². The SMILES string of the molecule is CNCCN(c1cc(Br)cnc1C)[SH](=O)=O. The number of nitrogens with one attached hydrogen (secondary N) is 1. The first-order valence-electron chi connectivity index (χ1n) is 4.75. The fourth-order valence-electron chi connectivity index (χ4n) is 1.27. The number of aromatic nitrogens is 1. The van der Waals surface area contributed by atoms with Gasteiger partial charge in [0.25, 0.3) is 0 Å². The Labute approximate surface area is 105 Å². The summed E-state index contributed by atoms with van der Waals surface area (Å²) in [5, 5.41) is 2.92. The third-order valence-electron chi connectivity index (χ3n) is 2.08. The first kappa shape index (κ1) is 13.4.